The first-order valence-electron chi connectivity index (χ1n) is 8.99. The van der Waals surface area contributed by atoms with Crippen LogP contribution in [-0.2, 0) is 17.9 Å². The molecule has 0 bridgehead atoms. The van der Waals surface area contributed by atoms with E-state index in [-0.39, 0.29) is 43.2 Å². The summed E-state index contributed by atoms with van der Waals surface area (Å²) < 4.78 is 28.7. The number of aliphatic hydroxyl groups excluding tert-OH is 1. The lowest BCUT2D eigenvalue weighted by Crippen LogP contribution is -2.37. The van der Waals surface area contributed by atoms with E-state index in [1.807, 2.05) is 0 Å². The molecule has 0 aliphatic heterocycles. The molecule has 3 heterocycles. The quantitative estimate of drug-likeness (QED) is 0.408. The van der Waals surface area contributed by atoms with Crippen molar-refractivity contribution in [1.82, 2.24) is 30.0 Å². The lowest BCUT2D eigenvalue weighted by molar-refractivity contribution is -0.122. The van der Waals surface area contributed by atoms with Crippen LogP contribution in [-0.4, -0.2) is 48.4 Å². The fraction of sp³-hybridized carbons (Fsp3) is 0.278. The van der Waals surface area contributed by atoms with Crippen LogP contribution in [0.4, 0.5) is 26.2 Å². The number of carbonyl (C=O) groups is 1. The van der Waals surface area contributed by atoms with Crippen LogP contribution in [0.2, 0.25) is 0 Å². The first-order chi connectivity index (χ1) is 14.4. The van der Waals surface area contributed by atoms with E-state index >= 15 is 0 Å². The monoisotopic (exact) mass is 418 g/mol. The van der Waals surface area contributed by atoms with Crippen LogP contribution in [0.3, 0.4) is 0 Å². The maximum atomic E-state index is 13.7. The van der Waals surface area contributed by atoms with Crippen LogP contribution in [0.1, 0.15) is 12.5 Å². The molecular formula is C18H20F2N8O2. The molecule has 1 amide bonds. The standard InChI is InChI=1S/C18H20F2N8O2/c1-11(10-29)25-17(30)9-28-8-12(4-24-28)26-18-22-3-2-16(27-18)23-5-13-14(19)6-21-7-15(13)20/h2-4,6-8,11,29H,5,9-10H2,1H3,(H,25,30)(H2,22,23,26,27)/t11-/m1/s1. The summed E-state index contributed by atoms with van der Waals surface area (Å²) in [6.45, 7) is 1.40. The number of nitrogens with one attached hydrogen (secondary N) is 3. The molecule has 3 rings (SSSR count). The fourth-order valence-electron chi connectivity index (χ4n) is 2.46. The van der Waals surface area contributed by atoms with Crippen molar-refractivity contribution < 1.29 is 18.7 Å². The zero-order chi connectivity index (χ0) is 21.5. The Morgan fingerprint density at radius 1 is 1.27 bits per heavy atom. The Balaban J connectivity index is 1.59. The van der Waals surface area contributed by atoms with Crippen molar-refractivity contribution in [3.8, 4) is 0 Å². The lowest BCUT2D eigenvalue weighted by atomic mass is 10.2. The third-order valence-electron chi connectivity index (χ3n) is 3.93. The van der Waals surface area contributed by atoms with Gasteiger partial charge in [-0.25, -0.2) is 13.8 Å². The molecule has 30 heavy (non-hydrogen) atoms. The fourth-order valence-corrected chi connectivity index (χ4v) is 2.46. The normalized spacial score (nSPS) is 11.7. The molecule has 0 aromatic carbocycles. The van der Waals surface area contributed by atoms with Crippen LogP contribution < -0.4 is 16.0 Å². The molecule has 1 atom stereocenters. The molecular weight excluding hydrogens is 398 g/mol. The minimum atomic E-state index is -0.750. The maximum absolute atomic E-state index is 13.7. The van der Waals surface area contributed by atoms with Crippen LogP contribution in [0, 0.1) is 11.6 Å². The average molecular weight is 418 g/mol. The van der Waals surface area contributed by atoms with E-state index in [0.717, 1.165) is 12.4 Å². The van der Waals surface area contributed by atoms with E-state index in [4.69, 9.17) is 5.11 Å². The predicted molar refractivity (Wildman–Crippen MR) is 104 cm³/mol. The molecule has 10 nitrogen and oxygen atoms in total. The molecule has 0 fully saturated rings. The van der Waals surface area contributed by atoms with Crippen molar-refractivity contribution in [1.29, 1.82) is 0 Å². The number of hydrogen-bond acceptors (Lipinski definition) is 8. The van der Waals surface area contributed by atoms with E-state index in [2.05, 4.69) is 36.0 Å². The second-order valence-electron chi connectivity index (χ2n) is 6.40. The van der Waals surface area contributed by atoms with Gasteiger partial charge in [0.05, 0.1) is 30.9 Å². The van der Waals surface area contributed by atoms with Gasteiger partial charge in [-0.05, 0) is 13.0 Å². The van der Waals surface area contributed by atoms with E-state index in [1.54, 1.807) is 19.2 Å². The summed E-state index contributed by atoms with van der Waals surface area (Å²) in [6.07, 6.45) is 6.44. The highest BCUT2D eigenvalue weighted by Gasteiger charge is 2.11. The number of aromatic nitrogens is 5. The summed E-state index contributed by atoms with van der Waals surface area (Å²) >= 11 is 0. The Hall–Kier alpha value is -3.67. The van der Waals surface area contributed by atoms with Crippen LogP contribution >= 0.6 is 0 Å². The third kappa shape index (κ3) is 5.67. The number of anilines is 3. The topological polar surface area (TPSA) is 130 Å². The van der Waals surface area contributed by atoms with Crippen LogP contribution in [0.15, 0.2) is 37.1 Å². The Morgan fingerprint density at radius 3 is 2.77 bits per heavy atom. The van der Waals surface area contributed by atoms with Crippen molar-refractivity contribution >= 4 is 23.4 Å². The highest BCUT2D eigenvalue weighted by atomic mass is 19.1. The molecule has 0 saturated carbocycles. The van der Waals surface area contributed by atoms with Gasteiger partial charge in [0, 0.05) is 30.5 Å². The summed E-state index contributed by atoms with van der Waals surface area (Å²) in [5.74, 6) is -1.20. The largest absolute Gasteiger partial charge is 0.394 e. The second-order valence-corrected chi connectivity index (χ2v) is 6.40. The highest BCUT2D eigenvalue weighted by molar-refractivity contribution is 5.76. The van der Waals surface area contributed by atoms with Gasteiger partial charge < -0.3 is 21.1 Å². The molecule has 3 aromatic rings. The summed E-state index contributed by atoms with van der Waals surface area (Å²) in [5.41, 5.74) is 0.398. The van der Waals surface area contributed by atoms with Gasteiger partial charge in [-0.1, -0.05) is 0 Å². The Bertz CT molecular complexity index is 993. The van der Waals surface area contributed by atoms with Gasteiger partial charge in [-0.3, -0.25) is 14.5 Å². The molecule has 0 unspecified atom stereocenters. The van der Waals surface area contributed by atoms with Crippen molar-refractivity contribution in [3.05, 3.63) is 54.2 Å². The Morgan fingerprint density at radius 2 is 2.03 bits per heavy atom. The number of carbonyl (C=O) groups excluding carboxylic acids is 1. The maximum Gasteiger partial charge on any atom is 0.242 e. The molecule has 4 N–H and O–H groups in total. The van der Waals surface area contributed by atoms with Crippen LogP contribution in [0.25, 0.3) is 0 Å². The number of nitrogens with zero attached hydrogens (tertiary/aromatic N) is 5. The molecule has 3 aromatic heterocycles. The summed E-state index contributed by atoms with van der Waals surface area (Å²) in [5, 5.41) is 21.4. The molecule has 0 aliphatic rings. The van der Waals surface area contributed by atoms with E-state index in [9.17, 15) is 13.6 Å². The zero-order valence-corrected chi connectivity index (χ0v) is 16.0. The number of aliphatic hydroxyl groups is 1. The van der Waals surface area contributed by atoms with Crippen molar-refractivity contribution in [2.45, 2.75) is 26.1 Å². The summed E-state index contributed by atoms with van der Waals surface area (Å²) in [6, 6.07) is 1.21. The second kappa shape index (κ2) is 9.69. The minimum Gasteiger partial charge on any atom is -0.394 e. The van der Waals surface area contributed by atoms with Gasteiger partial charge in [-0.2, -0.15) is 10.1 Å². The molecule has 0 radical (unpaired) electrons. The van der Waals surface area contributed by atoms with Crippen LogP contribution in [0.5, 0.6) is 0 Å². The molecule has 12 heteroatoms. The number of hydrogen-bond donors (Lipinski definition) is 4. The van der Waals surface area contributed by atoms with Gasteiger partial charge in [0.15, 0.2) is 0 Å². The number of amides is 1. The summed E-state index contributed by atoms with van der Waals surface area (Å²) in [7, 11) is 0. The van der Waals surface area contributed by atoms with E-state index in [1.165, 1.54) is 17.1 Å². The van der Waals surface area contributed by atoms with E-state index < -0.39 is 11.6 Å². The number of rotatable bonds is 9. The first kappa shape index (κ1) is 21.0. The van der Waals surface area contributed by atoms with Gasteiger partial charge in [0.2, 0.25) is 11.9 Å². The van der Waals surface area contributed by atoms with Crippen molar-refractivity contribution in [2.75, 3.05) is 17.2 Å². The lowest BCUT2D eigenvalue weighted by Gasteiger charge is -2.10. The van der Waals surface area contributed by atoms with Gasteiger partial charge in [0.1, 0.15) is 24.0 Å². The molecule has 158 valence electrons. The first-order valence-corrected chi connectivity index (χ1v) is 8.99. The molecule has 0 saturated heterocycles. The average Bonchev–Trinajstić information content (AvgIpc) is 3.14. The molecule has 0 spiro atoms. The number of halogens is 2. The van der Waals surface area contributed by atoms with E-state index in [0.29, 0.717) is 11.5 Å². The van der Waals surface area contributed by atoms with Gasteiger partial charge in [0.25, 0.3) is 0 Å². The highest BCUT2D eigenvalue weighted by Crippen LogP contribution is 2.15. The van der Waals surface area contributed by atoms with Crippen molar-refractivity contribution in [3.63, 3.8) is 0 Å². The SMILES string of the molecule is C[C@H](CO)NC(=O)Cn1cc(Nc2nccc(NCc3c(F)cncc3F)n2)cn1. The van der Waals surface area contributed by atoms with Gasteiger partial charge in [-0.15, -0.1) is 0 Å². The van der Waals surface area contributed by atoms with Crippen molar-refractivity contribution in [2.24, 2.45) is 0 Å². The Labute approximate surface area is 170 Å². The summed E-state index contributed by atoms with van der Waals surface area (Å²) in [4.78, 5) is 23.6. The Kier molecular flexibility index (Phi) is 6.80. The third-order valence-corrected chi connectivity index (χ3v) is 3.93. The smallest absolute Gasteiger partial charge is 0.242 e. The minimum absolute atomic E-state index is 0.0163. The van der Waals surface area contributed by atoms with Gasteiger partial charge >= 0.3 is 0 Å². The number of pyridine rings is 1. The zero-order valence-electron chi connectivity index (χ0n) is 16.0. The predicted octanol–water partition coefficient (Wildman–Crippen LogP) is 1.20. The molecule has 0 aliphatic carbocycles.